The predicted octanol–water partition coefficient (Wildman–Crippen LogP) is 1.06. The van der Waals surface area contributed by atoms with E-state index in [4.69, 9.17) is 9.15 Å². The molecule has 0 amide bonds. The highest BCUT2D eigenvalue weighted by atomic mass is 16.5. The smallest absolute Gasteiger partial charge is 0.298 e. The number of oxazole rings is 1. The third-order valence-electron chi connectivity index (χ3n) is 2.46. The van der Waals surface area contributed by atoms with Crippen molar-refractivity contribution in [3.8, 4) is 0 Å². The number of hydrogen-bond acceptors (Lipinski definition) is 5. The Bertz CT molecular complexity index is 429. The van der Waals surface area contributed by atoms with Gasteiger partial charge in [-0.05, 0) is 6.07 Å². The maximum absolute atomic E-state index is 5.60. The SMILES string of the molecule is c1cc2nc(N3CCOCC3)oc2cn1. The van der Waals surface area contributed by atoms with Crippen molar-refractivity contribution in [1.82, 2.24) is 9.97 Å². The molecule has 0 spiro atoms. The summed E-state index contributed by atoms with van der Waals surface area (Å²) < 4.78 is 10.9. The van der Waals surface area contributed by atoms with Gasteiger partial charge in [0.1, 0.15) is 5.52 Å². The molecule has 0 atom stereocenters. The van der Waals surface area contributed by atoms with Crippen LogP contribution >= 0.6 is 0 Å². The normalized spacial score (nSPS) is 17.2. The molecule has 0 unspecified atom stereocenters. The molecule has 3 heterocycles. The Morgan fingerprint density at radius 3 is 2.93 bits per heavy atom. The molecule has 5 nitrogen and oxygen atoms in total. The molecule has 15 heavy (non-hydrogen) atoms. The van der Waals surface area contributed by atoms with Crippen LogP contribution in [0.5, 0.6) is 0 Å². The van der Waals surface area contributed by atoms with Crippen LogP contribution in [0, 0.1) is 0 Å². The maximum Gasteiger partial charge on any atom is 0.298 e. The van der Waals surface area contributed by atoms with Gasteiger partial charge in [0.15, 0.2) is 5.58 Å². The number of nitrogens with zero attached hydrogens (tertiary/aromatic N) is 3. The first-order valence-electron chi connectivity index (χ1n) is 4.97. The van der Waals surface area contributed by atoms with E-state index < -0.39 is 0 Å². The summed E-state index contributed by atoms with van der Waals surface area (Å²) in [5.74, 6) is 0. The second-order valence-corrected chi connectivity index (χ2v) is 3.44. The Morgan fingerprint density at radius 2 is 2.13 bits per heavy atom. The third kappa shape index (κ3) is 1.55. The Kier molecular flexibility index (Phi) is 2.03. The van der Waals surface area contributed by atoms with E-state index in [0.717, 1.165) is 37.4 Å². The van der Waals surface area contributed by atoms with Crippen molar-refractivity contribution in [1.29, 1.82) is 0 Å². The minimum atomic E-state index is 0.668. The maximum atomic E-state index is 5.60. The number of pyridine rings is 1. The standard InChI is InChI=1S/C10H11N3O2/c1-2-11-7-9-8(1)12-10(15-9)13-3-5-14-6-4-13/h1-2,7H,3-6H2. The quantitative estimate of drug-likeness (QED) is 0.696. The van der Waals surface area contributed by atoms with Crippen molar-refractivity contribution in [3.05, 3.63) is 18.5 Å². The molecule has 0 aromatic carbocycles. The largest absolute Gasteiger partial charge is 0.422 e. The van der Waals surface area contributed by atoms with E-state index in [2.05, 4.69) is 14.9 Å². The van der Waals surface area contributed by atoms with E-state index in [9.17, 15) is 0 Å². The Morgan fingerprint density at radius 1 is 1.27 bits per heavy atom. The average molecular weight is 205 g/mol. The van der Waals surface area contributed by atoms with Gasteiger partial charge in [-0.2, -0.15) is 4.98 Å². The van der Waals surface area contributed by atoms with Crippen molar-refractivity contribution in [3.63, 3.8) is 0 Å². The lowest BCUT2D eigenvalue weighted by atomic mass is 10.4. The number of fused-ring (bicyclic) bond motifs is 1. The molecule has 2 aromatic rings. The average Bonchev–Trinajstić information content (AvgIpc) is 2.74. The number of hydrogen-bond donors (Lipinski definition) is 0. The predicted molar refractivity (Wildman–Crippen MR) is 54.8 cm³/mol. The number of anilines is 1. The van der Waals surface area contributed by atoms with Gasteiger partial charge >= 0.3 is 0 Å². The summed E-state index contributed by atoms with van der Waals surface area (Å²) in [7, 11) is 0. The molecular weight excluding hydrogens is 194 g/mol. The zero-order chi connectivity index (χ0) is 10.1. The van der Waals surface area contributed by atoms with Gasteiger partial charge in [-0.1, -0.05) is 0 Å². The van der Waals surface area contributed by atoms with Crippen LogP contribution in [0.15, 0.2) is 22.9 Å². The molecule has 1 aliphatic heterocycles. The summed E-state index contributed by atoms with van der Waals surface area (Å²) in [6, 6.07) is 2.52. The zero-order valence-corrected chi connectivity index (χ0v) is 8.22. The molecular formula is C10H11N3O2. The minimum Gasteiger partial charge on any atom is -0.422 e. The number of aromatic nitrogens is 2. The number of rotatable bonds is 1. The molecule has 78 valence electrons. The molecule has 5 heteroatoms. The van der Waals surface area contributed by atoms with E-state index in [1.807, 2.05) is 6.07 Å². The molecule has 2 aromatic heterocycles. The van der Waals surface area contributed by atoms with Crippen LogP contribution in [0.3, 0.4) is 0 Å². The first-order chi connectivity index (χ1) is 7.43. The van der Waals surface area contributed by atoms with Crippen LogP contribution in [0.4, 0.5) is 6.01 Å². The van der Waals surface area contributed by atoms with Crippen molar-refractivity contribution in [2.75, 3.05) is 31.2 Å². The number of morpholine rings is 1. The Labute approximate surface area is 86.7 Å². The molecule has 0 bridgehead atoms. The Hall–Kier alpha value is -1.62. The van der Waals surface area contributed by atoms with Crippen molar-refractivity contribution in [2.24, 2.45) is 0 Å². The van der Waals surface area contributed by atoms with Crippen molar-refractivity contribution in [2.45, 2.75) is 0 Å². The van der Waals surface area contributed by atoms with Gasteiger partial charge in [0, 0.05) is 19.3 Å². The summed E-state index contributed by atoms with van der Waals surface area (Å²) >= 11 is 0. The third-order valence-corrected chi connectivity index (χ3v) is 2.46. The van der Waals surface area contributed by atoms with Crippen LogP contribution in [0.2, 0.25) is 0 Å². The van der Waals surface area contributed by atoms with E-state index >= 15 is 0 Å². The Balaban J connectivity index is 1.96. The topological polar surface area (TPSA) is 51.4 Å². The van der Waals surface area contributed by atoms with Gasteiger partial charge in [0.05, 0.1) is 19.4 Å². The van der Waals surface area contributed by atoms with Gasteiger partial charge in [0.2, 0.25) is 0 Å². The molecule has 0 aliphatic carbocycles. The monoisotopic (exact) mass is 205 g/mol. The van der Waals surface area contributed by atoms with E-state index in [1.165, 1.54) is 0 Å². The fourth-order valence-corrected chi connectivity index (χ4v) is 1.66. The summed E-state index contributed by atoms with van der Waals surface area (Å²) in [6.07, 6.45) is 3.40. The molecule has 0 N–H and O–H groups in total. The highest BCUT2D eigenvalue weighted by Gasteiger charge is 2.16. The van der Waals surface area contributed by atoms with Crippen molar-refractivity contribution >= 4 is 17.1 Å². The van der Waals surface area contributed by atoms with Gasteiger partial charge in [-0.15, -0.1) is 0 Å². The lowest BCUT2D eigenvalue weighted by Crippen LogP contribution is -2.36. The summed E-state index contributed by atoms with van der Waals surface area (Å²) in [5, 5.41) is 0. The van der Waals surface area contributed by atoms with Crippen LogP contribution < -0.4 is 4.90 Å². The fourth-order valence-electron chi connectivity index (χ4n) is 1.66. The molecule has 1 saturated heterocycles. The summed E-state index contributed by atoms with van der Waals surface area (Å²) in [6.45, 7) is 3.13. The minimum absolute atomic E-state index is 0.668. The van der Waals surface area contributed by atoms with E-state index in [1.54, 1.807) is 12.4 Å². The first kappa shape index (κ1) is 8.67. The molecule has 1 aliphatic rings. The molecule has 0 radical (unpaired) electrons. The summed E-state index contributed by atoms with van der Waals surface area (Å²) in [5.41, 5.74) is 1.59. The zero-order valence-electron chi connectivity index (χ0n) is 8.22. The molecule has 0 saturated carbocycles. The van der Waals surface area contributed by atoms with Gasteiger partial charge in [0.25, 0.3) is 6.01 Å². The van der Waals surface area contributed by atoms with Gasteiger partial charge in [-0.25, -0.2) is 0 Å². The first-order valence-corrected chi connectivity index (χ1v) is 4.97. The van der Waals surface area contributed by atoms with Gasteiger partial charge < -0.3 is 14.1 Å². The van der Waals surface area contributed by atoms with E-state index in [0.29, 0.717) is 6.01 Å². The number of ether oxygens (including phenoxy) is 1. The molecule has 3 rings (SSSR count). The van der Waals surface area contributed by atoms with Crippen LogP contribution in [0.25, 0.3) is 11.1 Å². The second-order valence-electron chi connectivity index (χ2n) is 3.44. The highest BCUT2D eigenvalue weighted by Crippen LogP contribution is 2.21. The highest BCUT2D eigenvalue weighted by molar-refractivity contribution is 5.73. The van der Waals surface area contributed by atoms with Crippen LogP contribution in [-0.2, 0) is 4.74 Å². The van der Waals surface area contributed by atoms with Crippen LogP contribution in [-0.4, -0.2) is 36.3 Å². The fraction of sp³-hybridized carbons (Fsp3) is 0.400. The van der Waals surface area contributed by atoms with Crippen LogP contribution in [0.1, 0.15) is 0 Å². The second kappa shape index (κ2) is 3.51. The van der Waals surface area contributed by atoms with Gasteiger partial charge in [-0.3, -0.25) is 4.98 Å². The van der Waals surface area contributed by atoms with Crippen molar-refractivity contribution < 1.29 is 9.15 Å². The lowest BCUT2D eigenvalue weighted by Gasteiger charge is -2.24. The van der Waals surface area contributed by atoms with E-state index in [-0.39, 0.29) is 0 Å². The summed E-state index contributed by atoms with van der Waals surface area (Å²) in [4.78, 5) is 10.5. The lowest BCUT2D eigenvalue weighted by molar-refractivity contribution is 0.120. The molecule has 1 fully saturated rings.